The Balaban J connectivity index is 1.07. The fraction of sp³-hybridized carbons (Fsp3) is 0.375. The number of nitrogens with zero attached hydrogens (tertiary/aromatic N) is 6. The first-order chi connectivity index (χ1) is 26.5. The molecule has 1 spiro atoms. The molecular formula is C40H42Cl2N8O5. The first-order valence-corrected chi connectivity index (χ1v) is 19.1. The third-order valence-corrected chi connectivity index (χ3v) is 12.2. The van der Waals surface area contributed by atoms with E-state index in [1.54, 1.807) is 33.4 Å². The number of urea groups is 1. The molecular weight excluding hydrogens is 743 g/mol. The van der Waals surface area contributed by atoms with E-state index in [0.29, 0.717) is 57.1 Å². The van der Waals surface area contributed by atoms with Crippen LogP contribution in [-0.4, -0.2) is 87.5 Å². The van der Waals surface area contributed by atoms with Gasteiger partial charge in [0.15, 0.2) is 0 Å². The molecule has 13 nitrogen and oxygen atoms in total. The fourth-order valence-corrected chi connectivity index (χ4v) is 9.07. The Labute approximate surface area is 327 Å². The molecule has 2 fully saturated rings. The highest BCUT2D eigenvalue weighted by Crippen LogP contribution is 2.47. The first kappa shape index (κ1) is 37.0. The molecule has 5 aromatic rings. The maximum atomic E-state index is 13.2. The van der Waals surface area contributed by atoms with Crippen LogP contribution in [0, 0.1) is 0 Å². The van der Waals surface area contributed by atoms with Crippen molar-refractivity contribution >= 4 is 51.6 Å². The van der Waals surface area contributed by atoms with Crippen LogP contribution in [0.15, 0.2) is 64.3 Å². The van der Waals surface area contributed by atoms with Gasteiger partial charge in [-0.05, 0) is 49.4 Å². The monoisotopic (exact) mass is 784 g/mol. The van der Waals surface area contributed by atoms with Gasteiger partial charge in [-0.2, -0.15) is 0 Å². The predicted octanol–water partition coefficient (Wildman–Crippen LogP) is 5.91. The Morgan fingerprint density at radius 1 is 0.964 bits per heavy atom. The summed E-state index contributed by atoms with van der Waals surface area (Å²) < 4.78 is 13.6. The molecule has 3 aliphatic rings. The standard InChI is InChI=1S/C40H42Cl2N8O5/c1-47-29-13-16-43-35(32(29)37(51)48(2)39(47)53)44-27-10-6-8-25(34(27)42)24-7-5-9-26(33(24)41)28-21-23-11-12-30(31(23)36(45-28)55-4)50-18-15-40(22-50)14-17-49(19-20-54-3)38(52)46-40/h5-10,13,16,21,30H,11-12,14-15,17-20,22H2,1-4H3,(H,43,44)(H,46,52)/t30-,40+/m1/s1. The third kappa shape index (κ3) is 6.42. The van der Waals surface area contributed by atoms with Crippen LogP contribution in [0.2, 0.25) is 10.0 Å². The molecule has 2 N–H and O–H groups in total. The number of anilines is 2. The molecule has 0 bridgehead atoms. The highest BCUT2D eigenvalue weighted by Gasteiger charge is 2.46. The average molecular weight is 786 g/mol. The summed E-state index contributed by atoms with van der Waals surface area (Å²) >= 11 is 14.3. The van der Waals surface area contributed by atoms with Crippen molar-refractivity contribution in [3.63, 3.8) is 0 Å². The van der Waals surface area contributed by atoms with Crippen LogP contribution in [0.3, 0.4) is 0 Å². The van der Waals surface area contributed by atoms with Gasteiger partial charge in [0.1, 0.15) is 11.2 Å². The first-order valence-electron chi connectivity index (χ1n) is 18.3. The van der Waals surface area contributed by atoms with Gasteiger partial charge in [-0.3, -0.25) is 18.8 Å². The SMILES string of the molecule is COCCN1CC[C@@]2(CCN([C@@H]3CCc4cc(-c5cccc(-c6cccc(Nc7nccc8c7c(=O)n(C)c(=O)n8C)c6Cl)c5Cl)nc(OC)c43)C2)NC1=O. The summed E-state index contributed by atoms with van der Waals surface area (Å²) in [6, 6.07) is 15.1. The van der Waals surface area contributed by atoms with E-state index in [1.165, 1.54) is 23.4 Å². The van der Waals surface area contributed by atoms with Crippen LogP contribution in [0.4, 0.5) is 16.3 Å². The number of carbonyl (C=O) groups is 1. The molecule has 0 saturated carbocycles. The summed E-state index contributed by atoms with van der Waals surface area (Å²) in [5.74, 6) is 0.851. The van der Waals surface area contributed by atoms with E-state index in [9.17, 15) is 14.4 Å². The number of fused-ring (bicyclic) bond motifs is 2. The summed E-state index contributed by atoms with van der Waals surface area (Å²) in [7, 11) is 6.35. The van der Waals surface area contributed by atoms with Crippen molar-refractivity contribution in [3.8, 4) is 28.3 Å². The molecule has 1 aliphatic carbocycles. The van der Waals surface area contributed by atoms with Crippen LogP contribution in [0.5, 0.6) is 5.88 Å². The lowest BCUT2D eigenvalue weighted by Crippen LogP contribution is -2.61. The second-order valence-electron chi connectivity index (χ2n) is 14.5. The molecule has 2 aromatic carbocycles. The summed E-state index contributed by atoms with van der Waals surface area (Å²) in [5, 5.41) is 7.69. The van der Waals surface area contributed by atoms with Crippen molar-refractivity contribution in [1.29, 1.82) is 0 Å². The summed E-state index contributed by atoms with van der Waals surface area (Å²) in [6.07, 6.45) is 5.13. The van der Waals surface area contributed by atoms with Gasteiger partial charge in [-0.1, -0.05) is 53.5 Å². The van der Waals surface area contributed by atoms with E-state index < -0.39 is 11.2 Å². The molecule has 2 amide bonds. The Hall–Kier alpha value is -4.95. The second kappa shape index (κ2) is 14.6. The highest BCUT2D eigenvalue weighted by atomic mass is 35.5. The van der Waals surface area contributed by atoms with E-state index in [0.717, 1.165) is 61.0 Å². The van der Waals surface area contributed by atoms with Gasteiger partial charge in [0, 0.05) is 81.9 Å². The Morgan fingerprint density at radius 2 is 1.71 bits per heavy atom. The molecule has 0 radical (unpaired) electrons. The topological polar surface area (TPSA) is 136 Å². The second-order valence-corrected chi connectivity index (χ2v) is 15.3. The molecule has 15 heteroatoms. The minimum absolute atomic E-state index is 0.0210. The van der Waals surface area contributed by atoms with E-state index >= 15 is 0 Å². The highest BCUT2D eigenvalue weighted by molar-refractivity contribution is 6.39. The fourth-order valence-electron chi connectivity index (χ4n) is 8.47. The number of benzene rings is 2. The zero-order valence-corrected chi connectivity index (χ0v) is 32.6. The van der Waals surface area contributed by atoms with Crippen LogP contribution in [0.1, 0.15) is 36.4 Å². The maximum Gasteiger partial charge on any atom is 0.330 e. The lowest BCUT2D eigenvalue weighted by atomic mass is 9.92. The Bertz CT molecular complexity index is 2470. The van der Waals surface area contributed by atoms with Crippen molar-refractivity contribution in [1.82, 2.24) is 34.2 Å². The van der Waals surface area contributed by atoms with E-state index in [-0.39, 0.29) is 28.8 Å². The minimum atomic E-state index is -0.465. The lowest BCUT2D eigenvalue weighted by Gasteiger charge is -2.40. The number of ether oxygens (including phenoxy) is 2. The summed E-state index contributed by atoms with van der Waals surface area (Å²) in [5.41, 5.74) is 4.90. The number of halogens is 2. The molecule has 55 heavy (non-hydrogen) atoms. The van der Waals surface area contributed by atoms with Gasteiger partial charge in [0.25, 0.3) is 5.56 Å². The third-order valence-electron chi connectivity index (χ3n) is 11.4. The largest absolute Gasteiger partial charge is 0.481 e. The van der Waals surface area contributed by atoms with Crippen molar-refractivity contribution in [2.24, 2.45) is 14.1 Å². The van der Waals surface area contributed by atoms with Crippen LogP contribution in [0.25, 0.3) is 33.3 Å². The van der Waals surface area contributed by atoms with Gasteiger partial charge in [-0.15, -0.1) is 0 Å². The van der Waals surface area contributed by atoms with Gasteiger partial charge < -0.3 is 25.0 Å². The van der Waals surface area contributed by atoms with Crippen molar-refractivity contribution < 1.29 is 14.3 Å². The number of hydrogen-bond acceptors (Lipinski definition) is 9. The number of carbonyl (C=O) groups excluding carboxylic acids is 1. The molecule has 0 unspecified atom stereocenters. The number of rotatable bonds is 9. The minimum Gasteiger partial charge on any atom is -0.481 e. The molecule has 3 aromatic heterocycles. The van der Waals surface area contributed by atoms with Gasteiger partial charge >= 0.3 is 11.7 Å². The quantitative estimate of drug-likeness (QED) is 0.187. The van der Waals surface area contributed by atoms with Gasteiger partial charge in [-0.25, -0.2) is 19.6 Å². The Morgan fingerprint density at radius 3 is 2.47 bits per heavy atom. The molecule has 5 heterocycles. The van der Waals surface area contributed by atoms with Crippen LogP contribution in [-0.2, 0) is 25.3 Å². The molecule has 2 aliphatic heterocycles. The average Bonchev–Trinajstić information content (AvgIpc) is 3.81. The smallest absolute Gasteiger partial charge is 0.330 e. The van der Waals surface area contributed by atoms with Crippen LogP contribution >= 0.6 is 23.2 Å². The lowest BCUT2D eigenvalue weighted by molar-refractivity contribution is 0.114. The maximum absolute atomic E-state index is 13.2. The zero-order chi connectivity index (χ0) is 38.6. The van der Waals surface area contributed by atoms with Crippen molar-refractivity contribution in [2.45, 2.75) is 37.3 Å². The van der Waals surface area contributed by atoms with Gasteiger partial charge in [0.2, 0.25) is 5.88 Å². The summed E-state index contributed by atoms with van der Waals surface area (Å²) in [6.45, 7) is 3.49. The number of methoxy groups -OCH3 is 2. The number of likely N-dealkylation sites (tertiary alicyclic amines) is 1. The van der Waals surface area contributed by atoms with Crippen LogP contribution < -0.4 is 26.6 Å². The number of amides is 2. The van der Waals surface area contributed by atoms with Gasteiger partial charge in [0.05, 0.1) is 46.2 Å². The number of nitrogens with one attached hydrogen (secondary N) is 2. The molecule has 286 valence electrons. The molecule has 2 atom stereocenters. The zero-order valence-electron chi connectivity index (χ0n) is 31.1. The summed E-state index contributed by atoms with van der Waals surface area (Å²) in [4.78, 5) is 52.5. The predicted molar refractivity (Wildman–Crippen MR) is 214 cm³/mol. The molecule has 2 saturated heterocycles. The number of pyridine rings is 2. The van der Waals surface area contributed by atoms with E-state index in [2.05, 4.69) is 26.6 Å². The Kier molecular flexibility index (Phi) is 9.83. The number of aromatic nitrogens is 4. The number of hydrogen-bond donors (Lipinski definition) is 2. The molecule has 8 rings (SSSR count). The van der Waals surface area contributed by atoms with Crippen molar-refractivity contribution in [2.75, 3.05) is 52.3 Å². The number of aryl methyl sites for hydroxylation is 2. The normalized spacial score (nSPS) is 19.6. The van der Waals surface area contributed by atoms with E-state index in [1.807, 2.05) is 35.2 Å². The van der Waals surface area contributed by atoms with Crippen molar-refractivity contribution in [3.05, 3.63) is 96.7 Å². The van der Waals surface area contributed by atoms with E-state index in [4.69, 9.17) is 37.7 Å².